The number of aliphatic hydroxyl groups is 1. The van der Waals surface area contributed by atoms with Gasteiger partial charge >= 0.3 is 0 Å². The first kappa shape index (κ1) is 24.6. The van der Waals surface area contributed by atoms with Crippen molar-refractivity contribution in [2.45, 2.75) is 52.5 Å². The van der Waals surface area contributed by atoms with Crippen molar-refractivity contribution in [1.82, 2.24) is 9.97 Å². The Hall–Kier alpha value is -2.55. The van der Waals surface area contributed by atoms with E-state index in [0.717, 1.165) is 55.0 Å². The summed E-state index contributed by atoms with van der Waals surface area (Å²) in [6, 6.07) is 10.6. The van der Waals surface area contributed by atoms with Gasteiger partial charge in [-0.25, -0.2) is 4.98 Å². The molecule has 8 heteroatoms. The predicted octanol–water partition coefficient (Wildman–Crippen LogP) is 5.48. The molecule has 2 heterocycles. The van der Waals surface area contributed by atoms with Crippen molar-refractivity contribution in [3.63, 3.8) is 0 Å². The normalized spacial score (nSPS) is 17.5. The molecule has 1 aliphatic carbocycles. The maximum atomic E-state index is 9.58. The highest BCUT2D eigenvalue weighted by Gasteiger charge is 2.26. The summed E-state index contributed by atoms with van der Waals surface area (Å²) < 4.78 is 0. The highest BCUT2D eigenvalue weighted by atomic mass is 32.1. The van der Waals surface area contributed by atoms with Crippen LogP contribution < -0.4 is 16.0 Å². The van der Waals surface area contributed by atoms with Crippen molar-refractivity contribution in [3.8, 4) is 0 Å². The minimum absolute atomic E-state index is 0.232. The number of thiophene rings is 1. The van der Waals surface area contributed by atoms with Crippen LogP contribution in [0, 0.1) is 26.7 Å². The van der Waals surface area contributed by atoms with E-state index in [1.165, 1.54) is 16.0 Å². The third kappa shape index (κ3) is 5.92. The van der Waals surface area contributed by atoms with Crippen LogP contribution in [0.25, 0.3) is 0 Å². The lowest BCUT2D eigenvalue weighted by Crippen LogP contribution is -2.24. The molecule has 0 amide bonds. The third-order valence-corrected chi connectivity index (χ3v) is 7.79. The van der Waals surface area contributed by atoms with E-state index in [9.17, 15) is 5.11 Å². The average molecular weight is 496 g/mol. The molecule has 4 N–H and O–H groups in total. The first-order valence-corrected chi connectivity index (χ1v) is 13.1. The number of aryl methyl sites for hydroxylation is 2. The van der Waals surface area contributed by atoms with Crippen molar-refractivity contribution < 1.29 is 5.11 Å². The van der Waals surface area contributed by atoms with Gasteiger partial charge in [0, 0.05) is 29.8 Å². The molecule has 6 nitrogen and oxygen atoms in total. The van der Waals surface area contributed by atoms with Gasteiger partial charge in [-0.2, -0.15) is 4.98 Å². The molecule has 1 aromatic carbocycles. The molecule has 1 fully saturated rings. The lowest BCUT2D eigenvalue weighted by atomic mass is 10.1. The number of aromatic nitrogens is 2. The molecule has 0 spiro atoms. The molecular formula is C26H33N5OS2. The maximum absolute atomic E-state index is 9.58. The molecule has 2 aromatic heterocycles. The summed E-state index contributed by atoms with van der Waals surface area (Å²) in [6.07, 6.45) is 3.88. The summed E-state index contributed by atoms with van der Waals surface area (Å²) >= 11 is 7.62. The molecule has 4 rings (SSSR count). The molecule has 1 aliphatic rings. The zero-order chi connectivity index (χ0) is 24.1. The Kier molecular flexibility index (Phi) is 8.13. The standard InChI is InChI=1S/C26H33N5OS2/c1-16-6-4-8-22(17(16)2)30-25(33)23-18(3)28-26(27-12-11-21-7-5-13-34-21)31-24(23)29-20-10-9-19(14-20)15-32/h4-8,13,19-20,32H,9-12,14-15H2,1-3H3,(H,30,33)(H2,27,28,29,31)/t19?,20-/m0/s1. The lowest BCUT2D eigenvalue weighted by molar-refractivity contribution is 0.229. The molecule has 0 radical (unpaired) electrons. The first-order valence-electron chi connectivity index (χ1n) is 11.8. The summed E-state index contributed by atoms with van der Waals surface area (Å²) in [6.45, 7) is 7.17. The zero-order valence-electron chi connectivity index (χ0n) is 20.0. The van der Waals surface area contributed by atoms with Gasteiger partial charge in [-0.3, -0.25) is 0 Å². The van der Waals surface area contributed by atoms with E-state index in [4.69, 9.17) is 22.2 Å². The van der Waals surface area contributed by atoms with Crippen LogP contribution >= 0.6 is 23.6 Å². The molecule has 2 atom stereocenters. The number of aliphatic hydroxyl groups excluding tert-OH is 1. The molecule has 1 saturated carbocycles. The van der Waals surface area contributed by atoms with E-state index in [1.807, 2.05) is 19.1 Å². The summed E-state index contributed by atoms with van der Waals surface area (Å²) in [5.74, 6) is 1.69. The average Bonchev–Trinajstić information content (AvgIpc) is 3.49. The van der Waals surface area contributed by atoms with Gasteiger partial charge in [-0.05, 0) is 81.0 Å². The number of benzene rings is 1. The van der Waals surface area contributed by atoms with Gasteiger partial charge in [0.05, 0.1) is 11.3 Å². The number of nitrogens with zero attached hydrogens (tertiary/aromatic N) is 2. The SMILES string of the molecule is Cc1cccc(NC(=S)c2c(C)nc(NCCc3cccs3)nc2N[C@H]2CCC(CO)C2)c1C. The number of hydrogen-bond acceptors (Lipinski definition) is 7. The van der Waals surface area contributed by atoms with Gasteiger partial charge in [0.1, 0.15) is 10.8 Å². The van der Waals surface area contributed by atoms with Crippen molar-refractivity contribution in [2.75, 3.05) is 29.1 Å². The van der Waals surface area contributed by atoms with Crippen LogP contribution in [0.5, 0.6) is 0 Å². The van der Waals surface area contributed by atoms with Gasteiger partial charge < -0.3 is 21.1 Å². The number of nitrogens with one attached hydrogen (secondary N) is 3. The van der Waals surface area contributed by atoms with Crippen molar-refractivity contribution >= 4 is 46.0 Å². The largest absolute Gasteiger partial charge is 0.396 e. The number of hydrogen-bond donors (Lipinski definition) is 4. The van der Waals surface area contributed by atoms with Crippen LogP contribution in [0.4, 0.5) is 17.5 Å². The number of anilines is 3. The van der Waals surface area contributed by atoms with Gasteiger partial charge in [0.2, 0.25) is 5.95 Å². The first-order chi connectivity index (χ1) is 16.4. The van der Waals surface area contributed by atoms with E-state index >= 15 is 0 Å². The van der Waals surface area contributed by atoms with Gasteiger partial charge in [0.15, 0.2) is 0 Å². The maximum Gasteiger partial charge on any atom is 0.224 e. The molecule has 180 valence electrons. The zero-order valence-corrected chi connectivity index (χ0v) is 21.7. The Labute approximate surface area is 211 Å². The number of thiocarbonyl (C=S) groups is 1. The van der Waals surface area contributed by atoms with E-state index in [-0.39, 0.29) is 12.6 Å². The quantitative estimate of drug-likeness (QED) is 0.293. The summed E-state index contributed by atoms with van der Waals surface area (Å²) in [7, 11) is 0. The fraction of sp³-hybridized carbons (Fsp3) is 0.423. The van der Waals surface area contributed by atoms with Crippen LogP contribution in [0.15, 0.2) is 35.7 Å². The predicted molar refractivity (Wildman–Crippen MR) is 146 cm³/mol. The Morgan fingerprint density at radius 2 is 2.00 bits per heavy atom. The highest BCUT2D eigenvalue weighted by Crippen LogP contribution is 2.30. The van der Waals surface area contributed by atoms with Crippen LogP contribution in [0.2, 0.25) is 0 Å². The minimum Gasteiger partial charge on any atom is -0.396 e. The van der Waals surface area contributed by atoms with E-state index < -0.39 is 0 Å². The second-order valence-electron chi connectivity index (χ2n) is 9.02. The molecule has 34 heavy (non-hydrogen) atoms. The Balaban J connectivity index is 1.57. The van der Waals surface area contributed by atoms with Gasteiger partial charge in [0.25, 0.3) is 0 Å². The molecule has 1 unspecified atom stereocenters. The monoisotopic (exact) mass is 495 g/mol. The molecule has 0 saturated heterocycles. The van der Waals surface area contributed by atoms with Crippen LogP contribution in [-0.2, 0) is 6.42 Å². The summed E-state index contributed by atoms with van der Waals surface area (Å²) in [4.78, 5) is 11.5. The second kappa shape index (κ2) is 11.3. The van der Waals surface area contributed by atoms with E-state index in [2.05, 4.69) is 53.4 Å². The molecular weight excluding hydrogens is 462 g/mol. The summed E-state index contributed by atoms with van der Waals surface area (Å²) in [5.41, 5.74) is 5.04. The fourth-order valence-corrected chi connectivity index (χ4v) is 5.48. The van der Waals surface area contributed by atoms with Gasteiger partial charge in [-0.15, -0.1) is 11.3 Å². The van der Waals surface area contributed by atoms with Gasteiger partial charge in [-0.1, -0.05) is 30.4 Å². The lowest BCUT2D eigenvalue weighted by Gasteiger charge is -2.21. The van der Waals surface area contributed by atoms with Crippen molar-refractivity contribution in [1.29, 1.82) is 0 Å². The summed E-state index contributed by atoms with van der Waals surface area (Å²) in [5, 5.41) is 22.1. The van der Waals surface area contributed by atoms with Crippen molar-refractivity contribution in [2.24, 2.45) is 5.92 Å². The Bertz CT molecular complexity index is 1130. The third-order valence-electron chi connectivity index (χ3n) is 6.54. The smallest absolute Gasteiger partial charge is 0.224 e. The van der Waals surface area contributed by atoms with Crippen LogP contribution in [0.3, 0.4) is 0 Å². The van der Waals surface area contributed by atoms with Crippen LogP contribution in [-0.4, -0.2) is 39.3 Å². The highest BCUT2D eigenvalue weighted by molar-refractivity contribution is 7.81. The topological polar surface area (TPSA) is 82.1 Å². The minimum atomic E-state index is 0.232. The fourth-order valence-electron chi connectivity index (χ4n) is 4.42. The van der Waals surface area contributed by atoms with Crippen LogP contribution in [0.1, 0.15) is 46.5 Å². The van der Waals surface area contributed by atoms with Crippen molar-refractivity contribution in [3.05, 3.63) is 63.0 Å². The molecule has 0 bridgehead atoms. The molecule has 3 aromatic rings. The van der Waals surface area contributed by atoms with E-state index in [1.54, 1.807) is 11.3 Å². The Morgan fingerprint density at radius 1 is 1.15 bits per heavy atom. The number of rotatable bonds is 9. The van der Waals surface area contributed by atoms with E-state index in [0.29, 0.717) is 16.9 Å². The second-order valence-corrected chi connectivity index (χ2v) is 10.5. The Morgan fingerprint density at radius 3 is 2.74 bits per heavy atom. The molecule has 0 aliphatic heterocycles.